The molecular weight excluding hydrogens is 510 g/mol. The molecule has 2 atom stereocenters. The van der Waals surface area contributed by atoms with Gasteiger partial charge in [0.1, 0.15) is 11.3 Å². The van der Waals surface area contributed by atoms with Crippen LogP contribution in [0.2, 0.25) is 0 Å². The first-order chi connectivity index (χ1) is 19.5. The minimum Gasteiger partial charge on any atom is -0.467 e. The van der Waals surface area contributed by atoms with Gasteiger partial charge in [0, 0.05) is 28.6 Å². The number of hydrogen-bond acceptors (Lipinski definition) is 3. The van der Waals surface area contributed by atoms with E-state index in [4.69, 9.17) is 4.42 Å². The molecule has 3 aromatic rings. The van der Waals surface area contributed by atoms with E-state index in [0.717, 1.165) is 42.5 Å². The maximum Gasteiger partial charge on any atom is 0.245 e. The number of aromatic amines is 1. The quantitative estimate of drug-likeness (QED) is 0.311. The molecule has 218 valence electrons. The van der Waals surface area contributed by atoms with Crippen molar-refractivity contribution < 1.29 is 14.0 Å². The number of nitrogens with zero attached hydrogens (tertiary/aromatic N) is 1. The number of carbonyl (C=O) groups is 2. The maximum atomic E-state index is 14.3. The summed E-state index contributed by atoms with van der Waals surface area (Å²) >= 11 is 0. The largest absolute Gasteiger partial charge is 0.467 e. The predicted molar refractivity (Wildman–Crippen MR) is 160 cm³/mol. The number of nitrogens with one attached hydrogen (secondary N) is 2. The third kappa shape index (κ3) is 4.44. The van der Waals surface area contributed by atoms with E-state index in [0.29, 0.717) is 12.2 Å². The van der Waals surface area contributed by atoms with Crippen LogP contribution in [0, 0.1) is 36.0 Å². The Morgan fingerprint density at radius 2 is 1.68 bits per heavy atom. The highest BCUT2D eigenvalue weighted by Gasteiger charge is 2.60. The van der Waals surface area contributed by atoms with Crippen molar-refractivity contribution in [2.45, 2.75) is 103 Å². The van der Waals surface area contributed by atoms with Gasteiger partial charge in [-0.25, -0.2) is 0 Å². The first-order valence-corrected chi connectivity index (χ1v) is 15.7. The van der Waals surface area contributed by atoms with Crippen molar-refractivity contribution in [1.29, 1.82) is 0 Å². The molecule has 5 aliphatic carbocycles. The van der Waals surface area contributed by atoms with Crippen molar-refractivity contribution in [2.24, 2.45) is 29.1 Å². The average Bonchev–Trinajstić information content (AvgIpc) is 3.27. The van der Waals surface area contributed by atoms with Gasteiger partial charge in [-0.1, -0.05) is 32.0 Å². The molecule has 6 heteroatoms. The lowest BCUT2D eigenvalue weighted by molar-refractivity contribution is -0.150. The molecule has 5 fully saturated rings. The first-order valence-electron chi connectivity index (χ1n) is 15.7. The van der Waals surface area contributed by atoms with Crippen LogP contribution in [0.25, 0.3) is 10.9 Å². The van der Waals surface area contributed by atoms with Gasteiger partial charge in [0.25, 0.3) is 0 Å². The highest BCUT2D eigenvalue weighted by atomic mass is 16.3. The molecule has 2 amide bonds. The van der Waals surface area contributed by atoms with E-state index in [2.05, 4.69) is 55.3 Å². The van der Waals surface area contributed by atoms with Crippen molar-refractivity contribution in [3.8, 4) is 0 Å². The highest BCUT2D eigenvalue weighted by Crippen LogP contribution is 2.67. The number of H-pyrrole nitrogens is 1. The Kier molecular flexibility index (Phi) is 6.05. The summed E-state index contributed by atoms with van der Waals surface area (Å²) in [6.45, 7) is 10.8. The number of aryl methyl sites for hydroxylation is 1. The summed E-state index contributed by atoms with van der Waals surface area (Å²) in [5, 5.41) is 4.81. The number of carbonyl (C=O) groups excluding carboxylic acids is 2. The van der Waals surface area contributed by atoms with Crippen LogP contribution < -0.4 is 5.32 Å². The second-order valence-corrected chi connectivity index (χ2v) is 15.1. The predicted octanol–water partition coefficient (Wildman–Crippen LogP) is 7.09. The van der Waals surface area contributed by atoms with Crippen LogP contribution >= 0.6 is 0 Å². The number of aromatic nitrogens is 1. The van der Waals surface area contributed by atoms with Crippen LogP contribution in [-0.4, -0.2) is 32.8 Å². The molecule has 5 saturated carbocycles. The van der Waals surface area contributed by atoms with Gasteiger partial charge in [-0.15, -0.1) is 0 Å². The van der Waals surface area contributed by atoms with E-state index in [-0.39, 0.29) is 41.1 Å². The Morgan fingerprint density at radius 3 is 2.32 bits per heavy atom. The van der Waals surface area contributed by atoms with Crippen molar-refractivity contribution >= 4 is 22.7 Å². The Morgan fingerprint density at radius 1 is 1.02 bits per heavy atom. The Bertz CT molecular complexity index is 1440. The second-order valence-electron chi connectivity index (χ2n) is 15.1. The molecule has 41 heavy (non-hydrogen) atoms. The molecule has 0 saturated heterocycles. The molecule has 2 aromatic heterocycles. The van der Waals surface area contributed by atoms with Gasteiger partial charge in [-0.3, -0.25) is 9.59 Å². The Balaban J connectivity index is 1.13. The molecule has 0 unspecified atom stereocenters. The molecule has 5 aliphatic rings. The second kappa shape index (κ2) is 9.24. The van der Waals surface area contributed by atoms with E-state index in [9.17, 15) is 9.59 Å². The fraction of sp³-hybridized carbons (Fsp3) is 0.600. The number of para-hydroxylation sites is 1. The number of rotatable bonds is 8. The van der Waals surface area contributed by atoms with Gasteiger partial charge < -0.3 is 19.6 Å². The third-order valence-electron chi connectivity index (χ3n) is 11.5. The smallest absolute Gasteiger partial charge is 0.245 e. The number of hydrogen-bond donors (Lipinski definition) is 2. The lowest BCUT2D eigenvalue weighted by Gasteiger charge is -2.57. The van der Waals surface area contributed by atoms with E-state index in [1.807, 2.05) is 26.0 Å². The number of benzene rings is 1. The van der Waals surface area contributed by atoms with Crippen LogP contribution in [0.1, 0.15) is 95.6 Å². The standard InChI is InChI=1S/C35H45N3O3/c1-21-30(26-10-6-7-11-28(26)36-21)31-27(33(31,2)3)16-29(39)38(20-25-9-8-12-41-25)34(4,5)32(40)37-35-17-22-13-23(18-35)15-24(14-22)19-35/h6-12,22-24,27,31,36H,13-20H2,1-5H3,(H,37,40)/t22?,23?,24?,27-,31-,35?/m1/s1. The number of amides is 2. The summed E-state index contributed by atoms with van der Waals surface area (Å²) in [5.74, 6) is 3.41. The molecule has 4 bridgehead atoms. The van der Waals surface area contributed by atoms with E-state index in [1.165, 1.54) is 35.9 Å². The first kappa shape index (κ1) is 26.9. The lowest BCUT2D eigenvalue weighted by Crippen LogP contribution is -2.65. The SMILES string of the molecule is Cc1[nH]c2ccccc2c1[C@H]1[C@@H](CC(=O)N(Cc2ccco2)C(C)(C)C(=O)NC23CC4CC(CC(C4)C2)C3)C1(C)C. The Hall–Kier alpha value is -3.02. The molecule has 8 rings (SSSR count). The normalized spacial score (nSPS) is 31.4. The van der Waals surface area contributed by atoms with Crippen molar-refractivity contribution in [2.75, 3.05) is 0 Å². The maximum absolute atomic E-state index is 14.3. The Labute approximate surface area is 243 Å². The highest BCUT2D eigenvalue weighted by molar-refractivity contribution is 5.92. The summed E-state index contributed by atoms with van der Waals surface area (Å²) in [6.07, 6.45) is 9.31. The molecular formula is C35H45N3O3. The van der Waals surface area contributed by atoms with Gasteiger partial charge in [0.05, 0.1) is 12.8 Å². The van der Waals surface area contributed by atoms with Crippen LogP contribution in [0.3, 0.4) is 0 Å². The molecule has 2 heterocycles. The van der Waals surface area contributed by atoms with E-state index < -0.39 is 5.54 Å². The number of fused-ring (bicyclic) bond motifs is 1. The van der Waals surface area contributed by atoms with Crippen LogP contribution in [0.4, 0.5) is 0 Å². The van der Waals surface area contributed by atoms with Gasteiger partial charge in [0.2, 0.25) is 11.8 Å². The number of furan rings is 1. The molecule has 0 radical (unpaired) electrons. The van der Waals surface area contributed by atoms with E-state index in [1.54, 1.807) is 11.2 Å². The van der Waals surface area contributed by atoms with Gasteiger partial charge in [0.15, 0.2) is 0 Å². The van der Waals surface area contributed by atoms with Crippen LogP contribution in [-0.2, 0) is 16.1 Å². The molecule has 6 nitrogen and oxygen atoms in total. The summed E-state index contributed by atoms with van der Waals surface area (Å²) in [6, 6.07) is 12.2. The van der Waals surface area contributed by atoms with Gasteiger partial charge >= 0.3 is 0 Å². The molecule has 2 N–H and O–H groups in total. The van der Waals surface area contributed by atoms with Crippen molar-refractivity contribution in [3.05, 3.63) is 59.7 Å². The fourth-order valence-electron chi connectivity index (χ4n) is 9.63. The monoisotopic (exact) mass is 555 g/mol. The topological polar surface area (TPSA) is 78.3 Å². The summed E-state index contributed by atoms with van der Waals surface area (Å²) in [5.41, 5.74) is 2.56. The van der Waals surface area contributed by atoms with Crippen LogP contribution in [0.5, 0.6) is 0 Å². The zero-order valence-corrected chi connectivity index (χ0v) is 25.3. The fourth-order valence-corrected chi connectivity index (χ4v) is 9.63. The van der Waals surface area contributed by atoms with Gasteiger partial charge in [-0.05, 0) is 118 Å². The summed E-state index contributed by atoms with van der Waals surface area (Å²) in [4.78, 5) is 33.8. The van der Waals surface area contributed by atoms with Crippen molar-refractivity contribution in [1.82, 2.24) is 15.2 Å². The van der Waals surface area contributed by atoms with Crippen LogP contribution in [0.15, 0.2) is 47.1 Å². The van der Waals surface area contributed by atoms with E-state index >= 15 is 0 Å². The molecule has 1 aromatic carbocycles. The minimum absolute atomic E-state index is 0.00661. The lowest BCUT2D eigenvalue weighted by atomic mass is 9.53. The zero-order chi connectivity index (χ0) is 28.7. The minimum atomic E-state index is -1.00. The summed E-state index contributed by atoms with van der Waals surface area (Å²) < 4.78 is 5.70. The molecule has 0 spiro atoms. The zero-order valence-electron chi connectivity index (χ0n) is 25.3. The average molecular weight is 556 g/mol. The summed E-state index contributed by atoms with van der Waals surface area (Å²) in [7, 11) is 0. The third-order valence-corrected chi connectivity index (χ3v) is 11.5. The molecule has 0 aliphatic heterocycles. The van der Waals surface area contributed by atoms with Gasteiger partial charge in [-0.2, -0.15) is 0 Å². The van der Waals surface area contributed by atoms with Crippen molar-refractivity contribution in [3.63, 3.8) is 0 Å².